The van der Waals surface area contributed by atoms with E-state index in [4.69, 9.17) is 0 Å². The largest absolute Gasteiger partial charge is 0.210 e. The first kappa shape index (κ1) is 5.06. The molecule has 1 aliphatic heterocycles. The molecule has 0 bridgehead atoms. The lowest BCUT2D eigenvalue weighted by atomic mass is 9.98. The van der Waals surface area contributed by atoms with Crippen LogP contribution in [-0.4, -0.2) is 6.04 Å². The second kappa shape index (κ2) is 1.88. The van der Waals surface area contributed by atoms with Gasteiger partial charge >= 0.3 is 0 Å². The lowest BCUT2D eigenvalue weighted by Gasteiger charge is -2.13. The third kappa shape index (κ3) is 0.754. The Hall–Kier alpha value is -0.760. The van der Waals surface area contributed by atoms with Crippen LogP contribution in [-0.2, 0) is 0 Å². The van der Waals surface area contributed by atoms with Crippen LogP contribution in [0.25, 0.3) is 0 Å². The molecular weight excluding hydrogens is 112 g/mol. The molecule has 0 fully saturated rings. The quantitative estimate of drug-likeness (QED) is 0.469. The number of hydrogen-bond acceptors (Lipinski definition) is 1. The zero-order valence-corrected chi connectivity index (χ0v) is 5.17. The van der Waals surface area contributed by atoms with Crippen LogP contribution >= 0.6 is 0 Å². The lowest BCUT2D eigenvalue weighted by molar-refractivity contribution is 0.558. The van der Waals surface area contributed by atoms with Crippen molar-refractivity contribution in [2.45, 2.75) is 18.9 Å². The van der Waals surface area contributed by atoms with Gasteiger partial charge in [0.1, 0.15) is 0 Å². The summed E-state index contributed by atoms with van der Waals surface area (Å²) in [6.07, 6.45) is 8.53. The van der Waals surface area contributed by atoms with Gasteiger partial charge in [-0.15, -0.1) is 0 Å². The molecule has 1 aliphatic carbocycles. The molecule has 0 spiro atoms. The summed E-state index contributed by atoms with van der Waals surface area (Å²) in [6, 6.07) is 0.523. The maximum atomic E-state index is 3.98. The number of fused-ring (bicyclic) bond motifs is 1. The third-order valence-electron chi connectivity index (χ3n) is 1.80. The number of hydrogen-bond donors (Lipinski definition) is 1. The van der Waals surface area contributed by atoms with Crippen molar-refractivity contribution in [3.8, 4) is 0 Å². The smallest absolute Gasteiger partial charge is 0.0547 e. The molecule has 9 heavy (non-hydrogen) atoms. The van der Waals surface area contributed by atoms with Gasteiger partial charge in [0.05, 0.1) is 6.04 Å². The molecule has 2 heteroatoms. The van der Waals surface area contributed by atoms with Gasteiger partial charge in [-0.05, 0) is 18.4 Å². The second-order valence-corrected chi connectivity index (χ2v) is 2.43. The van der Waals surface area contributed by atoms with Gasteiger partial charge in [0.2, 0.25) is 0 Å². The third-order valence-corrected chi connectivity index (χ3v) is 1.80. The normalized spacial score (nSPS) is 31.1. The van der Waals surface area contributed by atoms with Crippen LogP contribution < -0.4 is 10.9 Å². The van der Waals surface area contributed by atoms with E-state index in [0.29, 0.717) is 6.04 Å². The first-order valence-electron chi connectivity index (χ1n) is 3.26. The summed E-state index contributed by atoms with van der Waals surface area (Å²) in [5.41, 5.74) is 8.44. The van der Waals surface area contributed by atoms with E-state index >= 15 is 0 Å². The molecule has 2 nitrogen and oxygen atoms in total. The minimum absolute atomic E-state index is 0.523. The standard InChI is InChI=1S/C7H9N2/c1-2-4-7-6(3-1)5-8-9-7/h1-2,5,7,9H,3-4H2. The Kier molecular flexibility index (Phi) is 1.06. The van der Waals surface area contributed by atoms with Crippen molar-refractivity contribution in [2.24, 2.45) is 0 Å². The summed E-state index contributed by atoms with van der Waals surface area (Å²) >= 11 is 0. The molecule has 0 saturated heterocycles. The summed E-state index contributed by atoms with van der Waals surface area (Å²) in [6.45, 7) is 0. The van der Waals surface area contributed by atoms with E-state index in [-0.39, 0.29) is 0 Å². The summed E-state index contributed by atoms with van der Waals surface area (Å²) in [5.74, 6) is 0. The molecule has 2 aliphatic rings. The highest BCUT2D eigenvalue weighted by atomic mass is 15.4. The second-order valence-electron chi connectivity index (χ2n) is 2.43. The average molecular weight is 121 g/mol. The van der Waals surface area contributed by atoms with Crippen LogP contribution in [0.3, 0.4) is 0 Å². The van der Waals surface area contributed by atoms with Gasteiger partial charge in [0.15, 0.2) is 0 Å². The van der Waals surface area contributed by atoms with Crippen LogP contribution in [0.4, 0.5) is 0 Å². The van der Waals surface area contributed by atoms with Crippen LogP contribution in [0, 0.1) is 0 Å². The molecular formula is C7H9N2. The molecule has 2 rings (SSSR count). The van der Waals surface area contributed by atoms with Crippen molar-refractivity contribution < 1.29 is 0 Å². The van der Waals surface area contributed by atoms with Crippen molar-refractivity contribution in [3.63, 3.8) is 0 Å². The monoisotopic (exact) mass is 121 g/mol. The first-order valence-corrected chi connectivity index (χ1v) is 3.26. The Balaban J connectivity index is 2.20. The molecule has 0 aromatic heterocycles. The zero-order chi connectivity index (χ0) is 6.10. The van der Waals surface area contributed by atoms with Crippen molar-refractivity contribution >= 4 is 0 Å². The SMILES string of the molecule is C1=CCC2N[N]C=C2C1. The lowest BCUT2D eigenvalue weighted by Crippen LogP contribution is -2.28. The number of rotatable bonds is 0. The highest BCUT2D eigenvalue weighted by Crippen LogP contribution is 2.19. The maximum absolute atomic E-state index is 3.98. The fourth-order valence-electron chi connectivity index (χ4n) is 1.23. The highest BCUT2D eigenvalue weighted by Gasteiger charge is 2.19. The van der Waals surface area contributed by atoms with Crippen molar-refractivity contribution in [2.75, 3.05) is 0 Å². The molecule has 1 heterocycles. The van der Waals surface area contributed by atoms with Gasteiger partial charge in [-0.2, -0.15) is 0 Å². The molecule has 0 amide bonds. The number of allylic oxidation sites excluding steroid dienone is 1. The predicted octanol–water partition coefficient (Wildman–Crippen LogP) is 0.712. The van der Waals surface area contributed by atoms with E-state index in [1.807, 2.05) is 6.20 Å². The molecule has 1 unspecified atom stereocenters. The molecule has 0 aromatic rings. The van der Waals surface area contributed by atoms with Gasteiger partial charge in [0.25, 0.3) is 0 Å². The number of nitrogens with one attached hydrogen (secondary N) is 1. The van der Waals surface area contributed by atoms with Gasteiger partial charge in [-0.3, -0.25) is 0 Å². The molecule has 47 valence electrons. The average Bonchev–Trinajstić information content (AvgIpc) is 2.33. The Labute approximate surface area is 54.6 Å². The van der Waals surface area contributed by atoms with E-state index in [9.17, 15) is 0 Å². The topological polar surface area (TPSA) is 26.1 Å². The van der Waals surface area contributed by atoms with Gasteiger partial charge < -0.3 is 0 Å². The summed E-state index contributed by atoms with van der Waals surface area (Å²) in [7, 11) is 0. The summed E-state index contributed by atoms with van der Waals surface area (Å²) in [5, 5.41) is 0. The summed E-state index contributed by atoms with van der Waals surface area (Å²) < 4.78 is 0. The Morgan fingerprint density at radius 3 is 3.44 bits per heavy atom. The van der Waals surface area contributed by atoms with E-state index in [2.05, 4.69) is 23.0 Å². The van der Waals surface area contributed by atoms with Gasteiger partial charge in [0, 0.05) is 6.20 Å². The molecule has 1 radical (unpaired) electrons. The molecule has 0 aromatic carbocycles. The predicted molar refractivity (Wildman–Crippen MR) is 35.5 cm³/mol. The van der Waals surface area contributed by atoms with Crippen LogP contribution in [0.5, 0.6) is 0 Å². The zero-order valence-electron chi connectivity index (χ0n) is 5.17. The van der Waals surface area contributed by atoms with Crippen molar-refractivity contribution in [3.05, 3.63) is 23.9 Å². The van der Waals surface area contributed by atoms with Crippen molar-refractivity contribution in [1.29, 1.82) is 0 Å². The van der Waals surface area contributed by atoms with Crippen molar-refractivity contribution in [1.82, 2.24) is 10.9 Å². The fraction of sp³-hybridized carbons (Fsp3) is 0.429. The molecule has 1 atom stereocenters. The van der Waals surface area contributed by atoms with Crippen LogP contribution in [0.2, 0.25) is 0 Å². The van der Waals surface area contributed by atoms with Gasteiger partial charge in [-0.25, -0.2) is 10.9 Å². The fourth-order valence-corrected chi connectivity index (χ4v) is 1.23. The first-order chi connectivity index (χ1) is 4.47. The van der Waals surface area contributed by atoms with E-state index < -0.39 is 0 Å². The Bertz CT molecular complexity index is 170. The molecule has 0 saturated carbocycles. The van der Waals surface area contributed by atoms with Crippen LogP contribution in [0.1, 0.15) is 12.8 Å². The van der Waals surface area contributed by atoms with E-state index in [1.54, 1.807) is 0 Å². The highest BCUT2D eigenvalue weighted by molar-refractivity contribution is 5.22. The number of nitrogens with zero attached hydrogens (tertiary/aromatic N) is 1. The van der Waals surface area contributed by atoms with E-state index in [0.717, 1.165) is 12.8 Å². The van der Waals surface area contributed by atoms with Crippen LogP contribution in [0.15, 0.2) is 23.9 Å². The van der Waals surface area contributed by atoms with E-state index in [1.165, 1.54) is 5.57 Å². The molecule has 1 N–H and O–H groups in total. The Morgan fingerprint density at radius 2 is 2.56 bits per heavy atom. The minimum atomic E-state index is 0.523. The maximum Gasteiger partial charge on any atom is 0.0547 e. The summed E-state index contributed by atoms with van der Waals surface area (Å²) in [4.78, 5) is 0. The minimum Gasteiger partial charge on any atom is -0.210 e. The van der Waals surface area contributed by atoms with Gasteiger partial charge in [-0.1, -0.05) is 12.2 Å². The Morgan fingerprint density at radius 1 is 1.56 bits per heavy atom.